The zero-order valence-corrected chi connectivity index (χ0v) is 24.3. The van der Waals surface area contributed by atoms with Gasteiger partial charge < -0.3 is 10.2 Å². The number of carbonyl (C=O) groups is 2. The van der Waals surface area contributed by atoms with E-state index in [-0.39, 0.29) is 17.3 Å². The summed E-state index contributed by atoms with van der Waals surface area (Å²) in [5.74, 6) is -0.722. The number of carbonyl (C=O) groups excluding carboxylic acids is 2. The van der Waals surface area contributed by atoms with Gasteiger partial charge in [0.2, 0.25) is 11.8 Å². The molecule has 7 nitrogen and oxygen atoms in total. The molecule has 1 N–H and O–H groups in total. The quantitative estimate of drug-likeness (QED) is 0.306. The van der Waals surface area contributed by atoms with Gasteiger partial charge in [0.05, 0.1) is 10.6 Å². The molecular weight excluding hydrogens is 566 g/mol. The number of halogens is 1. The van der Waals surface area contributed by atoms with Crippen LogP contribution in [-0.4, -0.2) is 44.3 Å². The van der Waals surface area contributed by atoms with Gasteiger partial charge in [-0.2, -0.15) is 0 Å². The maximum Gasteiger partial charge on any atom is 0.264 e. The van der Waals surface area contributed by atoms with Crippen molar-refractivity contribution in [2.24, 2.45) is 0 Å². The van der Waals surface area contributed by atoms with Crippen LogP contribution in [0.4, 0.5) is 5.69 Å². The molecule has 3 aromatic carbocycles. The molecular formula is C29H34BrN3O4S. The molecule has 0 aromatic heterocycles. The second-order valence-electron chi connectivity index (χ2n) is 9.03. The van der Waals surface area contributed by atoms with Gasteiger partial charge in [-0.05, 0) is 55.7 Å². The van der Waals surface area contributed by atoms with Crippen molar-refractivity contribution in [2.75, 3.05) is 17.4 Å². The molecule has 2 amide bonds. The second kappa shape index (κ2) is 13.6. The molecule has 0 unspecified atom stereocenters. The first-order valence-corrected chi connectivity index (χ1v) is 14.9. The Bertz CT molecular complexity index is 1350. The smallest absolute Gasteiger partial charge is 0.264 e. The first kappa shape index (κ1) is 29.4. The second-order valence-corrected chi connectivity index (χ2v) is 11.8. The number of rotatable bonds is 12. The summed E-state index contributed by atoms with van der Waals surface area (Å²) in [6.07, 6.45) is 1.15. The topological polar surface area (TPSA) is 86.8 Å². The summed E-state index contributed by atoms with van der Waals surface area (Å²) in [7, 11) is -4.08. The molecule has 0 aliphatic carbocycles. The average molecular weight is 601 g/mol. The molecule has 0 spiro atoms. The first-order valence-electron chi connectivity index (χ1n) is 12.6. The lowest BCUT2D eigenvalue weighted by Crippen LogP contribution is -2.52. The summed E-state index contributed by atoms with van der Waals surface area (Å²) in [6.45, 7) is 5.98. The molecule has 1 atom stereocenters. The largest absolute Gasteiger partial charge is 0.354 e. The van der Waals surface area contributed by atoms with Crippen LogP contribution in [-0.2, 0) is 26.2 Å². The van der Waals surface area contributed by atoms with E-state index >= 15 is 0 Å². The number of hydrogen-bond donors (Lipinski definition) is 1. The molecule has 0 bridgehead atoms. The van der Waals surface area contributed by atoms with Gasteiger partial charge in [-0.1, -0.05) is 83.9 Å². The molecule has 202 valence electrons. The molecule has 0 saturated heterocycles. The molecule has 0 heterocycles. The van der Waals surface area contributed by atoms with Crippen molar-refractivity contribution in [1.29, 1.82) is 0 Å². The Balaban J connectivity index is 2.04. The minimum Gasteiger partial charge on any atom is -0.354 e. The number of benzene rings is 3. The van der Waals surface area contributed by atoms with Crippen LogP contribution >= 0.6 is 15.9 Å². The van der Waals surface area contributed by atoms with E-state index in [0.29, 0.717) is 23.1 Å². The molecule has 0 fully saturated rings. The molecule has 38 heavy (non-hydrogen) atoms. The monoisotopic (exact) mass is 599 g/mol. The van der Waals surface area contributed by atoms with Gasteiger partial charge in [-0.15, -0.1) is 0 Å². The van der Waals surface area contributed by atoms with E-state index in [1.54, 1.807) is 42.5 Å². The summed E-state index contributed by atoms with van der Waals surface area (Å²) < 4.78 is 29.3. The van der Waals surface area contributed by atoms with E-state index < -0.39 is 28.5 Å². The van der Waals surface area contributed by atoms with Gasteiger partial charge in [0.25, 0.3) is 10.0 Å². The van der Waals surface area contributed by atoms with Crippen LogP contribution in [0.2, 0.25) is 0 Å². The third kappa shape index (κ3) is 7.45. The SMILES string of the molecule is CCCNC(=O)[C@@H](CC)N(Cc1cccc(C)c1)C(=O)CN(c1cccc(Br)c1)S(=O)(=O)c1ccccc1. The maximum absolute atomic E-state index is 14.0. The third-order valence-electron chi connectivity index (χ3n) is 6.08. The highest BCUT2D eigenvalue weighted by molar-refractivity contribution is 9.10. The van der Waals surface area contributed by atoms with E-state index in [2.05, 4.69) is 21.2 Å². The standard InChI is InChI=1S/C29H34BrN3O4S/c1-4-17-31-29(35)27(5-2)32(20-23-12-9-11-22(3)18-23)28(34)21-33(25-14-10-13-24(30)19-25)38(36,37)26-15-7-6-8-16-26/h6-16,18-19,27H,4-5,17,20-21H2,1-3H3,(H,31,35)/t27-/m1/s1. The Morgan fingerprint density at radius 2 is 1.66 bits per heavy atom. The lowest BCUT2D eigenvalue weighted by Gasteiger charge is -2.33. The van der Waals surface area contributed by atoms with Crippen molar-refractivity contribution >= 4 is 43.5 Å². The van der Waals surface area contributed by atoms with Crippen molar-refractivity contribution in [1.82, 2.24) is 10.2 Å². The maximum atomic E-state index is 14.0. The average Bonchev–Trinajstić information content (AvgIpc) is 2.90. The van der Waals surface area contributed by atoms with E-state index in [9.17, 15) is 18.0 Å². The zero-order valence-electron chi connectivity index (χ0n) is 21.9. The summed E-state index contributed by atoms with van der Waals surface area (Å²) in [4.78, 5) is 28.7. The van der Waals surface area contributed by atoms with E-state index in [0.717, 1.165) is 21.9 Å². The number of nitrogens with zero attached hydrogens (tertiary/aromatic N) is 2. The molecule has 0 radical (unpaired) electrons. The molecule has 0 aliphatic heterocycles. The number of amides is 2. The van der Waals surface area contributed by atoms with Gasteiger partial charge in [-0.25, -0.2) is 8.42 Å². The van der Waals surface area contributed by atoms with Gasteiger partial charge in [0.15, 0.2) is 0 Å². The van der Waals surface area contributed by atoms with Crippen molar-refractivity contribution in [3.63, 3.8) is 0 Å². The fourth-order valence-corrected chi connectivity index (χ4v) is 5.99. The van der Waals surface area contributed by atoms with Crippen molar-refractivity contribution in [3.8, 4) is 0 Å². The minimum absolute atomic E-state index is 0.0748. The lowest BCUT2D eigenvalue weighted by atomic mass is 10.1. The highest BCUT2D eigenvalue weighted by Gasteiger charge is 2.33. The van der Waals surface area contributed by atoms with E-state index in [1.165, 1.54) is 17.0 Å². The van der Waals surface area contributed by atoms with Crippen LogP contribution in [0.25, 0.3) is 0 Å². The Kier molecular flexibility index (Phi) is 10.5. The summed E-state index contributed by atoms with van der Waals surface area (Å²) in [5.41, 5.74) is 2.23. The minimum atomic E-state index is -4.08. The summed E-state index contributed by atoms with van der Waals surface area (Å²) in [5, 5.41) is 2.89. The van der Waals surface area contributed by atoms with Crippen molar-refractivity contribution in [2.45, 2.75) is 51.1 Å². The van der Waals surface area contributed by atoms with Crippen LogP contribution in [0, 0.1) is 6.92 Å². The van der Waals surface area contributed by atoms with Crippen molar-refractivity contribution < 1.29 is 18.0 Å². The van der Waals surface area contributed by atoms with Crippen LogP contribution < -0.4 is 9.62 Å². The highest BCUT2D eigenvalue weighted by atomic mass is 79.9. The molecule has 3 aromatic rings. The fraction of sp³-hybridized carbons (Fsp3) is 0.310. The number of sulfonamides is 1. The van der Waals surface area contributed by atoms with E-state index in [1.807, 2.05) is 45.0 Å². The number of hydrogen-bond acceptors (Lipinski definition) is 4. The van der Waals surface area contributed by atoms with Crippen LogP contribution in [0.15, 0.2) is 88.2 Å². The van der Waals surface area contributed by atoms with Crippen LogP contribution in [0.5, 0.6) is 0 Å². The van der Waals surface area contributed by atoms with Gasteiger partial charge in [0, 0.05) is 17.6 Å². The number of nitrogens with one attached hydrogen (secondary N) is 1. The molecule has 9 heteroatoms. The third-order valence-corrected chi connectivity index (χ3v) is 8.36. The van der Waals surface area contributed by atoms with Gasteiger partial charge in [-0.3, -0.25) is 13.9 Å². The predicted octanol–water partition coefficient (Wildman–Crippen LogP) is 5.29. The molecule has 0 aliphatic rings. The van der Waals surface area contributed by atoms with Gasteiger partial charge in [0.1, 0.15) is 12.6 Å². The Morgan fingerprint density at radius 3 is 2.29 bits per heavy atom. The zero-order chi connectivity index (χ0) is 27.7. The number of anilines is 1. The van der Waals surface area contributed by atoms with Crippen LogP contribution in [0.1, 0.15) is 37.8 Å². The Hall–Kier alpha value is -3.17. The normalized spacial score (nSPS) is 12.0. The summed E-state index contributed by atoms with van der Waals surface area (Å²) >= 11 is 3.41. The highest BCUT2D eigenvalue weighted by Crippen LogP contribution is 2.27. The molecule has 0 saturated carbocycles. The lowest BCUT2D eigenvalue weighted by molar-refractivity contribution is -0.140. The Labute approximate surface area is 234 Å². The fourth-order valence-electron chi connectivity index (χ4n) is 4.17. The van der Waals surface area contributed by atoms with Crippen LogP contribution in [0.3, 0.4) is 0 Å². The Morgan fingerprint density at radius 1 is 0.947 bits per heavy atom. The summed E-state index contributed by atoms with van der Waals surface area (Å²) in [6, 6.07) is 21.8. The molecule has 3 rings (SSSR count). The number of aryl methyl sites for hydroxylation is 1. The first-order chi connectivity index (χ1) is 18.2. The van der Waals surface area contributed by atoms with E-state index in [4.69, 9.17) is 0 Å². The predicted molar refractivity (Wildman–Crippen MR) is 154 cm³/mol. The van der Waals surface area contributed by atoms with Gasteiger partial charge >= 0.3 is 0 Å². The van der Waals surface area contributed by atoms with Crippen molar-refractivity contribution in [3.05, 3.63) is 94.5 Å².